The van der Waals surface area contributed by atoms with Crippen LogP contribution in [0.5, 0.6) is 5.75 Å². The second-order valence-electron chi connectivity index (χ2n) is 10.3. The largest absolute Gasteiger partial charge is 0.494 e. The molecule has 8 heteroatoms. The Morgan fingerprint density at radius 2 is 1.94 bits per heavy atom. The van der Waals surface area contributed by atoms with Crippen molar-refractivity contribution in [3.8, 4) is 11.4 Å². The molecule has 0 bridgehead atoms. The number of benzene rings is 2. The first-order chi connectivity index (χ1) is 17.3. The summed E-state index contributed by atoms with van der Waals surface area (Å²) in [5.74, 6) is 1.05. The number of ether oxygens (including phenoxy) is 1. The van der Waals surface area contributed by atoms with Crippen LogP contribution in [0.2, 0.25) is 0 Å². The van der Waals surface area contributed by atoms with Crippen molar-refractivity contribution < 1.29 is 9.53 Å². The molecule has 1 aliphatic heterocycles. The number of amides is 2. The fourth-order valence-corrected chi connectivity index (χ4v) is 4.76. The molecule has 2 fully saturated rings. The van der Waals surface area contributed by atoms with Gasteiger partial charge in [0.1, 0.15) is 11.4 Å². The van der Waals surface area contributed by atoms with E-state index >= 15 is 0 Å². The van der Waals surface area contributed by atoms with Gasteiger partial charge in [0.15, 0.2) is 0 Å². The third-order valence-corrected chi connectivity index (χ3v) is 7.18. The Hall–Kier alpha value is -3.55. The maximum Gasteiger partial charge on any atom is 0.322 e. The van der Waals surface area contributed by atoms with Gasteiger partial charge in [-0.2, -0.15) is 0 Å². The SMILES string of the molecule is COc1cc(NC(=O)N(Cc2cc(C(C)C)c(N3CCC3)cc2C)C2CC2)ccc1-n1cc(C)nn1. The normalized spacial score (nSPS) is 15.1. The first kappa shape index (κ1) is 24.2. The van der Waals surface area contributed by atoms with Crippen molar-refractivity contribution in [1.82, 2.24) is 19.9 Å². The van der Waals surface area contributed by atoms with Crippen LogP contribution in [0.1, 0.15) is 61.4 Å². The standard InChI is InChI=1S/C28H36N6O2/c1-18(2)24-14-21(19(3)13-26(24)32-11-6-12-32)17-33(23-8-9-23)28(35)29-22-7-10-25(27(15-22)36-5)34-16-20(4)30-31-34/h7,10,13-16,18,23H,6,8-9,11-12,17H2,1-5H3,(H,29,35). The number of anilines is 2. The molecule has 0 spiro atoms. The van der Waals surface area contributed by atoms with Crippen LogP contribution < -0.4 is 15.0 Å². The highest BCUT2D eigenvalue weighted by atomic mass is 16.5. The zero-order valence-corrected chi connectivity index (χ0v) is 21.9. The summed E-state index contributed by atoms with van der Waals surface area (Å²) in [5.41, 5.74) is 7.48. The van der Waals surface area contributed by atoms with E-state index in [1.807, 2.05) is 36.2 Å². The van der Waals surface area contributed by atoms with Gasteiger partial charge in [0.05, 0.1) is 19.0 Å². The van der Waals surface area contributed by atoms with Crippen LogP contribution >= 0.6 is 0 Å². The van der Waals surface area contributed by atoms with E-state index in [0.717, 1.165) is 37.3 Å². The number of methoxy groups -OCH3 is 1. The number of urea groups is 1. The van der Waals surface area contributed by atoms with E-state index in [9.17, 15) is 4.79 Å². The van der Waals surface area contributed by atoms with Gasteiger partial charge in [-0.15, -0.1) is 5.10 Å². The van der Waals surface area contributed by atoms with Gasteiger partial charge in [0.2, 0.25) is 0 Å². The summed E-state index contributed by atoms with van der Waals surface area (Å²) >= 11 is 0. The number of hydrogen-bond acceptors (Lipinski definition) is 5. The average molecular weight is 489 g/mol. The minimum Gasteiger partial charge on any atom is -0.494 e. The molecule has 5 rings (SSSR count). The van der Waals surface area contributed by atoms with Gasteiger partial charge in [0.25, 0.3) is 0 Å². The number of nitrogens with one attached hydrogen (secondary N) is 1. The number of carbonyl (C=O) groups excluding carboxylic acids is 1. The highest BCUT2D eigenvalue weighted by Gasteiger charge is 2.33. The van der Waals surface area contributed by atoms with E-state index in [-0.39, 0.29) is 12.1 Å². The molecule has 0 radical (unpaired) electrons. The van der Waals surface area contributed by atoms with Crippen LogP contribution in [0.25, 0.3) is 5.69 Å². The Bertz CT molecular complexity index is 1260. The number of rotatable bonds is 8. The predicted molar refractivity (Wildman–Crippen MR) is 142 cm³/mol. The summed E-state index contributed by atoms with van der Waals surface area (Å²) < 4.78 is 7.26. The van der Waals surface area contributed by atoms with Crippen molar-refractivity contribution >= 4 is 17.4 Å². The number of aryl methyl sites for hydroxylation is 2. The smallest absolute Gasteiger partial charge is 0.322 e. The van der Waals surface area contributed by atoms with Crippen molar-refractivity contribution in [3.63, 3.8) is 0 Å². The highest BCUT2D eigenvalue weighted by molar-refractivity contribution is 5.90. The molecule has 36 heavy (non-hydrogen) atoms. The van der Waals surface area contributed by atoms with Gasteiger partial charge < -0.3 is 19.9 Å². The molecule has 3 aromatic rings. The lowest BCUT2D eigenvalue weighted by Crippen LogP contribution is -2.38. The van der Waals surface area contributed by atoms with E-state index in [0.29, 0.717) is 23.9 Å². The van der Waals surface area contributed by atoms with Gasteiger partial charge in [-0.1, -0.05) is 25.1 Å². The molecule has 1 N–H and O–H groups in total. The van der Waals surface area contributed by atoms with Crippen LogP contribution in [0, 0.1) is 13.8 Å². The van der Waals surface area contributed by atoms with Crippen molar-refractivity contribution in [2.75, 3.05) is 30.4 Å². The van der Waals surface area contributed by atoms with E-state index < -0.39 is 0 Å². The summed E-state index contributed by atoms with van der Waals surface area (Å²) in [6, 6.07) is 10.4. The predicted octanol–water partition coefficient (Wildman–Crippen LogP) is 5.42. The van der Waals surface area contributed by atoms with Gasteiger partial charge in [0, 0.05) is 43.1 Å². The Morgan fingerprint density at radius 1 is 1.17 bits per heavy atom. The van der Waals surface area contributed by atoms with Gasteiger partial charge in [-0.3, -0.25) is 0 Å². The number of hydrogen-bond donors (Lipinski definition) is 1. The molecule has 1 saturated carbocycles. The molecular weight excluding hydrogens is 452 g/mol. The minimum atomic E-state index is -0.0822. The Kier molecular flexibility index (Phi) is 6.60. The quantitative estimate of drug-likeness (QED) is 0.458. The van der Waals surface area contributed by atoms with E-state index in [2.05, 4.69) is 53.4 Å². The van der Waals surface area contributed by atoms with Gasteiger partial charge in [-0.25, -0.2) is 9.48 Å². The maximum atomic E-state index is 13.5. The minimum absolute atomic E-state index is 0.0822. The lowest BCUT2D eigenvalue weighted by molar-refractivity contribution is 0.206. The monoisotopic (exact) mass is 488 g/mol. The van der Waals surface area contributed by atoms with E-state index in [4.69, 9.17) is 4.74 Å². The summed E-state index contributed by atoms with van der Waals surface area (Å²) in [6.07, 6.45) is 5.19. The third kappa shape index (κ3) is 4.90. The van der Waals surface area contributed by atoms with Crippen molar-refractivity contribution in [2.45, 2.75) is 65.5 Å². The van der Waals surface area contributed by atoms with Gasteiger partial charge >= 0.3 is 6.03 Å². The fraction of sp³-hybridized carbons (Fsp3) is 0.464. The van der Waals surface area contributed by atoms with Crippen molar-refractivity contribution in [1.29, 1.82) is 0 Å². The Morgan fingerprint density at radius 3 is 2.53 bits per heavy atom. The highest BCUT2D eigenvalue weighted by Crippen LogP contribution is 2.36. The Balaban J connectivity index is 1.36. The number of carbonyl (C=O) groups is 1. The second kappa shape index (κ2) is 9.84. The van der Waals surface area contributed by atoms with Gasteiger partial charge in [-0.05, 0) is 73.9 Å². The number of aromatic nitrogens is 3. The zero-order chi connectivity index (χ0) is 25.4. The molecule has 0 unspecified atom stereocenters. The van der Waals surface area contributed by atoms with E-state index in [1.165, 1.54) is 28.8 Å². The lowest BCUT2D eigenvalue weighted by Gasteiger charge is -2.36. The molecule has 1 aliphatic carbocycles. The van der Waals surface area contributed by atoms with Crippen molar-refractivity contribution in [2.24, 2.45) is 0 Å². The first-order valence-corrected chi connectivity index (χ1v) is 12.9. The van der Waals surface area contributed by atoms with Crippen LogP contribution in [0.4, 0.5) is 16.2 Å². The van der Waals surface area contributed by atoms with Crippen LogP contribution in [0.15, 0.2) is 36.5 Å². The Labute approximate surface area is 213 Å². The molecule has 1 saturated heterocycles. The third-order valence-electron chi connectivity index (χ3n) is 7.18. The second-order valence-corrected chi connectivity index (χ2v) is 10.3. The van der Waals surface area contributed by atoms with E-state index in [1.54, 1.807) is 11.8 Å². The summed E-state index contributed by atoms with van der Waals surface area (Å²) in [4.78, 5) is 17.9. The fourth-order valence-electron chi connectivity index (χ4n) is 4.76. The van der Waals surface area contributed by atoms with Crippen LogP contribution in [-0.4, -0.2) is 52.2 Å². The topological polar surface area (TPSA) is 75.5 Å². The molecule has 2 heterocycles. The van der Waals surface area contributed by atoms with Crippen LogP contribution in [0.3, 0.4) is 0 Å². The molecule has 2 aliphatic rings. The summed E-state index contributed by atoms with van der Waals surface area (Å²) in [7, 11) is 1.61. The maximum absolute atomic E-state index is 13.5. The molecule has 0 atom stereocenters. The molecule has 190 valence electrons. The lowest BCUT2D eigenvalue weighted by atomic mass is 9.93. The number of nitrogens with zero attached hydrogens (tertiary/aromatic N) is 5. The molecule has 2 amide bonds. The molecule has 8 nitrogen and oxygen atoms in total. The molecule has 1 aromatic heterocycles. The summed E-state index contributed by atoms with van der Waals surface area (Å²) in [6.45, 7) is 11.4. The molecule has 2 aromatic carbocycles. The average Bonchev–Trinajstić information content (AvgIpc) is 3.56. The molecular formula is C28H36N6O2. The zero-order valence-electron chi connectivity index (χ0n) is 21.9. The summed E-state index contributed by atoms with van der Waals surface area (Å²) in [5, 5.41) is 11.3. The van der Waals surface area contributed by atoms with Crippen LogP contribution in [-0.2, 0) is 6.54 Å². The first-order valence-electron chi connectivity index (χ1n) is 12.9. The van der Waals surface area contributed by atoms with Crippen molar-refractivity contribution in [3.05, 3.63) is 58.9 Å².